The number of carbonyl (C=O) groups is 1. The Morgan fingerprint density at radius 1 is 1.42 bits per heavy atom. The lowest BCUT2D eigenvalue weighted by Gasteiger charge is -2.20. The highest BCUT2D eigenvalue weighted by Gasteiger charge is 2.25. The Bertz CT molecular complexity index is 614. The lowest BCUT2D eigenvalue weighted by Crippen LogP contribution is -2.36. The normalized spacial score (nSPS) is 17.1. The molecule has 0 bridgehead atoms. The van der Waals surface area contributed by atoms with Crippen LogP contribution in [0.15, 0.2) is 22.6 Å². The molecule has 100 valence electrons. The average Bonchev–Trinajstić information content (AvgIpc) is 3.03. The van der Waals surface area contributed by atoms with E-state index in [1.54, 1.807) is 6.92 Å². The Labute approximate surface area is 111 Å². The molecule has 1 atom stereocenters. The second kappa shape index (κ2) is 4.66. The van der Waals surface area contributed by atoms with Crippen molar-refractivity contribution in [2.75, 3.05) is 13.1 Å². The van der Waals surface area contributed by atoms with Crippen molar-refractivity contribution in [2.45, 2.75) is 25.8 Å². The number of fused-ring (bicyclic) bond motifs is 1. The second-order valence-electron chi connectivity index (χ2n) is 4.97. The van der Waals surface area contributed by atoms with Gasteiger partial charge < -0.3 is 15.1 Å². The van der Waals surface area contributed by atoms with Gasteiger partial charge in [-0.05, 0) is 30.5 Å². The van der Waals surface area contributed by atoms with E-state index in [2.05, 4.69) is 4.98 Å². The topological polar surface area (TPSA) is 72.4 Å². The number of nitrogens with zero attached hydrogens (tertiary/aromatic N) is 2. The van der Waals surface area contributed by atoms with Crippen molar-refractivity contribution >= 4 is 17.0 Å². The van der Waals surface area contributed by atoms with Gasteiger partial charge in [0.05, 0.1) is 0 Å². The molecule has 1 unspecified atom stereocenters. The summed E-state index contributed by atoms with van der Waals surface area (Å²) in [5.41, 5.74) is 8.33. The number of amides is 1. The van der Waals surface area contributed by atoms with E-state index in [1.807, 2.05) is 23.1 Å². The number of oxazole rings is 1. The minimum atomic E-state index is -0.612. The number of hydrogen-bond donors (Lipinski definition) is 1. The molecular formula is C14H17N3O2. The molecule has 2 heterocycles. The van der Waals surface area contributed by atoms with Crippen LogP contribution in [-0.4, -0.2) is 28.9 Å². The maximum absolute atomic E-state index is 12.2. The molecule has 0 saturated carbocycles. The minimum Gasteiger partial charge on any atom is -0.441 e. The standard InChI is InChI=1S/C14H17N3O2/c1-9-16-11-8-10(4-5-12(11)19-9)13(15)14(18)17-6-2-3-7-17/h4-5,8,13H,2-3,6-7,15H2,1H3. The zero-order chi connectivity index (χ0) is 13.4. The molecule has 1 aromatic heterocycles. The summed E-state index contributed by atoms with van der Waals surface area (Å²) in [6.07, 6.45) is 2.14. The molecule has 2 aromatic rings. The summed E-state index contributed by atoms with van der Waals surface area (Å²) in [5.74, 6) is 0.614. The number of aromatic nitrogens is 1. The molecule has 1 aromatic carbocycles. The second-order valence-corrected chi connectivity index (χ2v) is 4.97. The predicted molar refractivity (Wildman–Crippen MR) is 71.5 cm³/mol. The highest BCUT2D eigenvalue weighted by Crippen LogP contribution is 2.22. The minimum absolute atomic E-state index is 0.00272. The summed E-state index contributed by atoms with van der Waals surface area (Å²) in [5, 5.41) is 0. The van der Waals surface area contributed by atoms with E-state index < -0.39 is 6.04 Å². The quantitative estimate of drug-likeness (QED) is 0.892. The van der Waals surface area contributed by atoms with Crippen molar-refractivity contribution in [2.24, 2.45) is 5.73 Å². The van der Waals surface area contributed by atoms with Crippen molar-refractivity contribution in [3.63, 3.8) is 0 Å². The van der Waals surface area contributed by atoms with Gasteiger partial charge in [0.2, 0.25) is 5.91 Å². The van der Waals surface area contributed by atoms with Gasteiger partial charge in [-0.1, -0.05) is 6.07 Å². The summed E-state index contributed by atoms with van der Waals surface area (Å²) < 4.78 is 5.42. The van der Waals surface area contributed by atoms with Crippen LogP contribution in [0.25, 0.3) is 11.1 Å². The lowest BCUT2D eigenvalue weighted by molar-refractivity contribution is -0.131. The number of nitrogens with two attached hydrogens (primary N) is 1. The van der Waals surface area contributed by atoms with Gasteiger partial charge in [0.15, 0.2) is 11.5 Å². The van der Waals surface area contributed by atoms with Gasteiger partial charge in [-0.25, -0.2) is 4.98 Å². The fourth-order valence-electron chi connectivity index (χ4n) is 2.53. The van der Waals surface area contributed by atoms with Gasteiger partial charge in [-0.15, -0.1) is 0 Å². The van der Waals surface area contributed by atoms with E-state index in [-0.39, 0.29) is 5.91 Å². The molecule has 1 saturated heterocycles. The molecule has 1 aliphatic heterocycles. The third-order valence-corrected chi connectivity index (χ3v) is 3.56. The zero-order valence-corrected chi connectivity index (χ0v) is 10.9. The Balaban J connectivity index is 1.87. The smallest absolute Gasteiger partial charge is 0.244 e. The number of likely N-dealkylation sites (tertiary alicyclic amines) is 1. The van der Waals surface area contributed by atoms with Crippen LogP contribution in [0.5, 0.6) is 0 Å². The molecule has 1 aliphatic rings. The fraction of sp³-hybridized carbons (Fsp3) is 0.429. The summed E-state index contributed by atoms with van der Waals surface area (Å²) in [7, 11) is 0. The van der Waals surface area contributed by atoms with Crippen LogP contribution >= 0.6 is 0 Å². The highest BCUT2D eigenvalue weighted by molar-refractivity contribution is 5.85. The van der Waals surface area contributed by atoms with Gasteiger partial charge in [0, 0.05) is 20.0 Å². The Morgan fingerprint density at radius 3 is 2.89 bits per heavy atom. The SMILES string of the molecule is Cc1nc2cc(C(N)C(=O)N3CCCC3)ccc2o1. The molecule has 19 heavy (non-hydrogen) atoms. The highest BCUT2D eigenvalue weighted by atomic mass is 16.3. The molecular weight excluding hydrogens is 242 g/mol. The first-order valence-corrected chi connectivity index (χ1v) is 6.56. The Morgan fingerprint density at radius 2 is 2.16 bits per heavy atom. The number of aryl methyl sites for hydroxylation is 1. The summed E-state index contributed by atoms with van der Waals surface area (Å²) in [6, 6.07) is 4.89. The van der Waals surface area contributed by atoms with Crippen LogP contribution in [0.2, 0.25) is 0 Å². The van der Waals surface area contributed by atoms with Gasteiger partial charge in [0.1, 0.15) is 11.6 Å². The number of carbonyl (C=O) groups excluding carboxylic acids is 1. The first kappa shape index (κ1) is 12.2. The number of hydrogen-bond acceptors (Lipinski definition) is 4. The van der Waals surface area contributed by atoms with Crippen LogP contribution in [0.4, 0.5) is 0 Å². The fourth-order valence-corrected chi connectivity index (χ4v) is 2.53. The van der Waals surface area contributed by atoms with E-state index >= 15 is 0 Å². The molecule has 3 rings (SSSR count). The molecule has 0 spiro atoms. The monoisotopic (exact) mass is 259 g/mol. The zero-order valence-electron chi connectivity index (χ0n) is 10.9. The first-order chi connectivity index (χ1) is 9.15. The maximum atomic E-state index is 12.2. The number of benzene rings is 1. The number of rotatable bonds is 2. The van der Waals surface area contributed by atoms with E-state index in [1.165, 1.54) is 0 Å². The Hall–Kier alpha value is -1.88. The van der Waals surface area contributed by atoms with E-state index in [0.29, 0.717) is 5.89 Å². The third kappa shape index (κ3) is 2.21. The predicted octanol–water partition coefficient (Wildman–Crippen LogP) is 1.76. The van der Waals surface area contributed by atoms with Crippen molar-refractivity contribution in [1.29, 1.82) is 0 Å². The van der Waals surface area contributed by atoms with Crippen LogP contribution in [0.1, 0.15) is 30.3 Å². The van der Waals surface area contributed by atoms with Crippen molar-refractivity contribution in [1.82, 2.24) is 9.88 Å². The van der Waals surface area contributed by atoms with E-state index in [0.717, 1.165) is 42.6 Å². The molecule has 2 N–H and O–H groups in total. The first-order valence-electron chi connectivity index (χ1n) is 6.56. The van der Waals surface area contributed by atoms with E-state index in [4.69, 9.17) is 10.2 Å². The van der Waals surface area contributed by atoms with Crippen LogP contribution < -0.4 is 5.73 Å². The third-order valence-electron chi connectivity index (χ3n) is 3.56. The van der Waals surface area contributed by atoms with Crippen LogP contribution in [0, 0.1) is 6.92 Å². The summed E-state index contributed by atoms with van der Waals surface area (Å²) in [4.78, 5) is 18.3. The molecule has 5 nitrogen and oxygen atoms in total. The van der Waals surface area contributed by atoms with E-state index in [9.17, 15) is 4.79 Å². The van der Waals surface area contributed by atoms with Gasteiger partial charge in [-0.3, -0.25) is 4.79 Å². The van der Waals surface area contributed by atoms with Gasteiger partial charge in [0.25, 0.3) is 0 Å². The molecule has 0 radical (unpaired) electrons. The largest absolute Gasteiger partial charge is 0.441 e. The van der Waals surface area contributed by atoms with Gasteiger partial charge in [-0.2, -0.15) is 0 Å². The maximum Gasteiger partial charge on any atom is 0.244 e. The molecule has 1 fully saturated rings. The van der Waals surface area contributed by atoms with Crippen molar-refractivity contribution in [3.05, 3.63) is 29.7 Å². The Kier molecular flexibility index (Phi) is 2.98. The summed E-state index contributed by atoms with van der Waals surface area (Å²) in [6.45, 7) is 3.44. The van der Waals surface area contributed by atoms with Crippen LogP contribution in [0.3, 0.4) is 0 Å². The molecule has 1 amide bonds. The molecule has 5 heteroatoms. The lowest BCUT2D eigenvalue weighted by atomic mass is 10.1. The molecule has 0 aliphatic carbocycles. The average molecular weight is 259 g/mol. The van der Waals surface area contributed by atoms with Crippen molar-refractivity contribution < 1.29 is 9.21 Å². The van der Waals surface area contributed by atoms with Gasteiger partial charge >= 0.3 is 0 Å². The van der Waals surface area contributed by atoms with Crippen LogP contribution in [-0.2, 0) is 4.79 Å². The summed E-state index contributed by atoms with van der Waals surface area (Å²) >= 11 is 0. The van der Waals surface area contributed by atoms with Crippen molar-refractivity contribution in [3.8, 4) is 0 Å².